The van der Waals surface area contributed by atoms with Crippen molar-refractivity contribution in [1.29, 1.82) is 0 Å². The summed E-state index contributed by atoms with van der Waals surface area (Å²) in [4.78, 5) is 47.8. The van der Waals surface area contributed by atoms with Crippen LogP contribution in [-0.2, 0) is 53.3 Å². The average molecular weight is 689 g/mol. The molecule has 1 aromatic carbocycles. The lowest BCUT2D eigenvalue weighted by molar-refractivity contribution is -0.385. The van der Waals surface area contributed by atoms with E-state index in [9.17, 15) is 24.5 Å². The Hall–Kier alpha value is -3.48. The van der Waals surface area contributed by atoms with Crippen molar-refractivity contribution in [3.8, 4) is 11.5 Å². The molecule has 1 atom stereocenters. The van der Waals surface area contributed by atoms with Crippen LogP contribution in [0.15, 0.2) is 24.3 Å². The summed E-state index contributed by atoms with van der Waals surface area (Å²) in [6.07, 6.45) is 0.0122. The Balaban J connectivity index is 2.14. The van der Waals surface area contributed by atoms with Gasteiger partial charge in [0.2, 0.25) is 5.91 Å². The number of nitrogens with one attached hydrogen (secondary N) is 1. The van der Waals surface area contributed by atoms with Crippen molar-refractivity contribution < 1.29 is 61.9 Å². The van der Waals surface area contributed by atoms with Crippen LogP contribution >= 0.6 is 11.8 Å². The minimum absolute atomic E-state index is 0.0122. The Morgan fingerprint density at radius 2 is 1.60 bits per heavy atom. The molecule has 264 valence electrons. The van der Waals surface area contributed by atoms with E-state index in [1.165, 1.54) is 31.0 Å². The molecule has 2 aliphatic rings. The summed E-state index contributed by atoms with van der Waals surface area (Å²) < 4.78 is 48.8. The molecule has 0 saturated carbocycles. The van der Waals surface area contributed by atoms with Gasteiger partial charge < -0.3 is 47.9 Å². The zero-order valence-corrected chi connectivity index (χ0v) is 27.6. The average Bonchev–Trinajstić information content (AvgIpc) is 3.04. The van der Waals surface area contributed by atoms with E-state index in [0.717, 1.165) is 0 Å². The van der Waals surface area contributed by atoms with Gasteiger partial charge in [-0.15, -0.1) is 0 Å². The van der Waals surface area contributed by atoms with Gasteiger partial charge in [0.1, 0.15) is 25.9 Å². The molecule has 0 fully saturated rings. The predicted molar refractivity (Wildman–Crippen MR) is 169 cm³/mol. The van der Waals surface area contributed by atoms with Crippen molar-refractivity contribution in [2.75, 3.05) is 98.8 Å². The number of nitro benzene ring substituents is 1. The van der Waals surface area contributed by atoms with Gasteiger partial charge in [-0.05, 0) is 13.0 Å². The number of benzene rings is 1. The molecular formula is C30H44N2O14S. The molecule has 0 radical (unpaired) electrons. The first kappa shape index (κ1) is 39.7. The van der Waals surface area contributed by atoms with Gasteiger partial charge in [-0.2, -0.15) is 11.8 Å². The Morgan fingerprint density at radius 3 is 2.21 bits per heavy atom. The van der Waals surface area contributed by atoms with Crippen molar-refractivity contribution in [3.63, 3.8) is 0 Å². The van der Waals surface area contributed by atoms with Gasteiger partial charge in [-0.25, -0.2) is 9.59 Å². The van der Waals surface area contributed by atoms with Crippen molar-refractivity contribution >= 4 is 35.3 Å². The number of hydrogen-bond acceptors (Lipinski definition) is 15. The van der Waals surface area contributed by atoms with Crippen LogP contribution in [-0.4, -0.2) is 128 Å². The Labute approximate surface area is 277 Å². The van der Waals surface area contributed by atoms with E-state index in [1.54, 1.807) is 6.92 Å². The molecule has 1 unspecified atom stereocenters. The molecular weight excluding hydrogens is 644 g/mol. The van der Waals surface area contributed by atoms with Crippen LogP contribution in [0.2, 0.25) is 0 Å². The lowest BCUT2D eigenvalue weighted by Gasteiger charge is -2.17. The number of rotatable bonds is 10. The zero-order valence-electron chi connectivity index (χ0n) is 26.8. The van der Waals surface area contributed by atoms with E-state index in [-0.39, 0.29) is 93.5 Å². The Morgan fingerprint density at radius 1 is 0.979 bits per heavy atom. The molecule has 1 amide bonds. The maximum atomic E-state index is 12.5. The number of carbonyl (C=O) groups is 3. The third kappa shape index (κ3) is 16.8. The summed E-state index contributed by atoms with van der Waals surface area (Å²) in [5, 5.41) is 14.6. The van der Waals surface area contributed by atoms with Crippen LogP contribution < -0.4 is 14.8 Å². The van der Waals surface area contributed by atoms with E-state index in [4.69, 9.17) is 42.6 Å². The van der Waals surface area contributed by atoms with Gasteiger partial charge in [-0.3, -0.25) is 14.9 Å². The summed E-state index contributed by atoms with van der Waals surface area (Å²) in [5.41, 5.74) is 0.372. The summed E-state index contributed by atoms with van der Waals surface area (Å²) >= 11 is 1.19. The third-order valence-electron chi connectivity index (χ3n) is 6.07. The molecule has 0 aromatic heterocycles. The molecule has 2 bridgehead atoms. The molecule has 1 N–H and O–H groups in total. The summed E-state index contributed by atoms with van der Waals surface area (Å²) in [6, 6.07) is 1.78. The molecule has 2 aliphatic heterocycles. The second kappa shape index (κ2) is 23.8. The van der Waals surface area contributed by atoms with E-state index in [1.807, 2.05) is 0 Å². The number of esters is 2. The number of thioether (sulfide) groups is 1. The van der Waals surface area contributed by atoms with Crippen LogP contribution in [0.25, 0.3) is 0 Å². The van der Waals surface area contributed by atoms with Crippen LogP contribution in [0.1, 0.15) is 18.9 Å². The second-order valence-corrected chi connectivity index (χ2v) is 10.8. The zero-order chi connectivity index (χ0) is 34.3. The number of carbonyl (C=O) groups excluding carboxylic acids is 3. The minimum atomic E-state index is -0.987. The van der Waals surface area contributed by atoms with Gasteiger partial charge in [0.25, 0.3) is 5.69 Å². The predicted octanol–water partition coefficient (Wildman–Crippen LogP) is 1.85. The normalized spacial score (nSPS) is 18.0. The minimum Gasteiger partial charge on any atom is -0.487 e. The smallest absolute Gasteiger partial charge is 0.333 e. The van der Waals surface area contributed by atoms with Gasteiger partial charge >= 0.3 is 11.9 Å². The van der Waals surface area contributed by atoms with E-state index in [2.05, 4.69) is 11.9 Å². The van der Waals surface area contributed by atoms with E-state index >= 15 is 0 Å². The van der Waals surface area contributed by atoms with Crippen molar-refractivity contribution in [2.45, 2.75) is 25.1 Å². The van der Waals surface area contributed by atoms with Crippen molar-refractivity contribution in [3.05, 3.63) is 40.0 Å². The van der Waals surface area contributed by atoms with Gasteiger partial charge in [0.15, 0.2) is 11.5 Å². The number of hydrogen-bond donors (Lipinski definition) is 1. The fourth-order valence-corrected chi connectivity index (χ4v) is 4.76. The van der Waals surface area contributed by atoms with Crippen LogP contribution in [0, 0.1) is 10.1 Å². The lowest BCUT2D eigenvalue weighted by Crippen LogP contribution is -2.43. The molecule has 0 aliphatic carbocycles. The largest absolute Gasteiger partial charge is 0.487 e. The fourth-order valence-electron chi connectivity index (χ4n) is 3.73. The highest BCUT2D eigenvalue weighted by molar-refractivity contribution is 7.98. The number of methoxy groups -OCH3 is 1. The number of ether oxygens (including phenoxy) is 9. The molecule has 0 saturated heterocycles. The van der Waals surface area contributed by atoms with E-state index < -0.39 is 28.8 Å². The maximum absolute atomic E-state index is 12.5. The number of nitrogens with zero attached hydrogens (tertiary/aromatic N) is 1. The first-order valence-corrected chi connectivity index (χ1v) is 16.1. The fraction of sp³-hybridized carbons (Fsp3) is 0.633. The highest BCUT2D eigenvalue weighted by atomic mass is 32.2. The SMILES string of the molecule is C=C(C)C(=O)OCCOCCOc1cc2c([N+](=O)[O-])cc1OCCOCCOCCOCCOCCC(=O)NC(C(=O)OC)CSC2. The second-order valence-electron chi connectivity index (χ2n) is 9.77. The van der Waals surface area contributed by atoms with Crippen molar-refractivity contribution in [2.24, 2.45) is 0 Å². The standard InChI is InChI=1S/C30H44N2O14S/c1-22(2)29(34)46-17-14-43-13-15-44-26-18-23-20-47-21-24(30(35)38-3)31-28(33)4-5-39-6-7-40-8-9-41-10-11-42-12-16-45-27(26)19-25(23)32(36)37/h18-19,24H,1,4-17,20-21H2,2-3H3,(H,31,33). The summed E-state index contributed by atoms with van der Waals surface area (Å²) in [6.45, 7) is 7.78. The first-order chi connectivity index (χ1) is 22.7. The van der Waals surface area contributed by atoms with Crippen LogP contribution in [0.5, 0.6) is 11.5 Å². The molecule has 1 aromatic rings. The van der Waals surface area contributed by atoms with Crippen LogP contribution in [0.4, 0.5) is 5.69 Å². The molecule has 17 heteroatoms. The molecule has 2 heterocycles. The highest BCUT2D eigenvalue weighted by Crippen LogP contribution is 2.37. The molecule has 47 heavy (non-hydrogen) atoms. The molecule has 16 nitrogen and oxygen atoms in total. The maximum Gasteiger partial charge on any atom is 0.333 e. The Kier molecular flexibility index (Phi) is 20.1. The number of fused-ring (bicyclic) bond motifs is 22. The Bertz CT molecular complexity index is 1150. The molecule has 3 rings (SSSR count). The number of nitro groups is 1. The van der Waals surface area contributed by atoms with E-state index in [0.29, 0.717) is 38.6 Å². The van der Waals surface area contributed by atoms with Crippen LogP contribution in [0.3, 0.4) is 0 Å². The highest BCUT2D eigenvalue weighted by Gasteiger charge is 2.24. The summed E-state index contributed by atoms with van der Waals surface area (Å²) in [7, 11) is 1.21. The van der Waals surface area contributed by atoms with Gasteiger partial charge in [0.05, 0.1) is 84.2 Å². The lowest BCUT2D eigenvalue weighted by atomic mass is 10.2. The molecule has 0 spiro atoms. The summed E-state index contributed by atoms with van der Waals surface area (Å²) in [5.74, 6) is -1.03. The third-order valence-corrected chi connectivity index (χ3v) is 7.16. The number of amides is 1. The van der Waals surface area contributed by atoms with Gasteiger partial charge in [-0.1, -0.05) is 6.58 Å². The van der Waals surface area contributed by atoms with Gasteiger partial charge in [0, 0.05) is 29.1 Å². The topological polar surface area (TPSA) is 189 Å². The monoisotopic (exact) mass is 688 g/mol. The quantitative estimate of drug-likeness (QED) is 0.0935. The van der Waals surface area contributed by atoms with Crippen molar-refractivity contribution in [1.82, 2.24) is 5.32 Å². The first-order valence-electron chi connectivity index (χ1n) is 15.0.